The van der Waals surface area contributed by atoms with Crippen LogP contribution in [0.2, 0.25) is 0 Å². The summed E-state index contributed by atoms with van der Waals surface area (Å²) in [5.41, 5.74) is -0.930. The van der Waals surface area contributed by atoms with E-state index in [9.17, 15) is 22.0 Å². The van der Waals surface area contributed by atoms with Gasteiger partial charge in [-0.3, -0.25) is 4.68 Å². The molecule has 0 aliphatic heterocycles. The highest BCUT2D eigenvalue weighted by atomic mass is 35.5. The van der Waals surface area contributed by atoms with E-state index in [0.29, 0.717) is 0 Å². The van der Waals surface area contributed by atoms with Gasteiger partial charge in [-0.2, -0.15) is 27.1 Å². The van der Waals surface area contributed by atoms with Gasteiger partial charge in [0.15, 0.2) is 0 Å². The zero-order chi connectivity index (χ0) is 11.7. The molecule has 1 rings (SSSR count). The Kier molecular flexibility index (Phi) is 3.22. The van der Waals surface area contributed by atoms with E-state index in [4.69, 9.17) is 11.6 Å². The van der Waals surface area contributed by atoms with Crippen LogP contribution in [0, 0.1) is 0 Å². The van der Waals surface area contributed by atoms with Gasteiger partial charge < -0.3 is 0 Å². The zero-order valence-electron chi connectivity index (χ0n) is 7.23. The van der Waals surface area contributed by atoms with Gasteiger partial charge >= 0.3 is 6.18 Å². The van der Waals surface area contributed by atoms with Crippen molar-refractivity contribution >= 4 is 11.6 Å². The minimum absolute atomic E-state index is 0.192. The molecular formula is C7H6ClF5N2. The predicted octanol–water partition coefficient (Wildman–Crippen LogP) is 3.12. The molecule has 0 radical (unpaired) electrons. The number of alkyl halides is 6. The minimum atomic E-state index is -4.94. The third kappa shape index (κ3) is 3.33. The molecule has 0 N–H and O–H groups in total. The first-order valence-corrected chi connectivity index (χ1v) is 4.32. The van der Waals surface area contributed by atoms with E-state index in [1.54, 1.807) is 0 Å². The number of rotatable bonds is 3. The standard InChI is InChI=1S/C7H6ClF5N2/c8-4-15-2-1-5(14-15)6(9,10)3-7(11,12)13/h1-2H,3-4H2. The number of hydrogen-bond acceptors (Lipinski definition) is 1. The molecule has 0 spiro atoms. The van der Waals surface area contributed by atoms with Crippen molar-refractivity contribution in [3.8, 4) is 0 Å². The summed E-state index contributed by atoms with van der Waals surface area (Å²) in [6.07, 6.45) is -6.07. The van der Waals surface area contributed by atoms with Gasteiger partial charge in [-0.1, -0.05) is 0 Å². The lowest BCUT2D eigenvalue weighted by molar-refractivity contribution is -0.192. The maximum absolute atomic E-state index is 13.0. The minimum Gasteiger partial charge on any atom is -0.257 e. The fraction of sp³-hybridized carbons (Fsp3) is 0.571. The highest BCUT2D eigenvalue weighted by Crippen LogP contribution is 2.38. The Hall–Kier alpha value is -0.850. The Morgan fingerprint density at radius 3 is 2.27 bits per heavy atom. The monoisotopic (exact) mass is 248 g/mol. The first-order chi connectivity index (χ1) is 6.74. The SMILES string of the molecule is FC(F)(F)CC(F)(F)c1ccn(CCl)n1. The molecule has 0 atom stereocenters. The third-order valence-corrected chi connectivity index (χ3v) is 1.81. The largest absolute Gasteiger partial charge is 0.395 e. The molecule has 1 aromatic rings. The summed E-state index contributed by atoms with van der Waals surface area (Å²) in [6.45, 7) is 0. The average molecular weight is 249 g/mol. The van der Waals surface area contributed by atoms with Gasteiger partial charge in [0.2, 0.25) is 0 Å². The van der Waals surface area contributed by atoms with Crippen LogP contribution in [0.15, 0.2) is 12.3 Å². The lowest BCUT2D eigenvalue weighted by Crippen LogP contribution is -2.24. The molecule has 8 heteroatoms. The molecule has 0 aromatic carbocycles. The van der Waals surface area contributed by atoms with Crippen molar-refractivity contribution in [3.63, 3.8) is 0 Å². The summed E-state index contributed by atoms with van der Waals surface area (Å²) in [7, 11) is 0. The average Bonchev–Trinajstić information content (AvgIpc) is 2.47. The number of nitrogens with zero attached hydrogens (tertiary/aromatic N) is 2. The Morgan fingerprint density at radius 1 is 1.27 bits per heavy atom. The van der Waals surface area contributed by atoms with E-state index in [-0.39, 0.29) is 6.00 Å². The van der Waals surface area contributed by atoms with Crippen LogP contribution in [-0.4, -0.2) is 16.0 Å². The van der Waals surface area contributed by atoms with Gasteiger partial charge in [0.05, 0.1) is 0 Å². The highest BCUT2D eigenvalue weighted by molar-refractivity contribution is 6.15. The molecule has 2 nitrogen and oxygen atoms in total. The second-order valence-electron chi connectivity index (χ2n) is 2.86. The summed E-state index contributed by atoms with van der Waals surface area (Å²) < 4.78 is 62.2. The molecule has 0 unspecified atom stereocenters. The Bertz CT molecular complexity index is 332. The maximum atomic E-state index is 13.0. The predicted molar refractivity (Wildman–Crippen MR) is 42.6 cm³/mol. The quantitative estimate of drug-likeness (QED) is 0.594. The van der Waals surface area contributed by atoms with Crippen LogP contribution in [0.4, 0.5) is 22.0 Å². The Labute approximate surface area is 86.6 Å². The molecule has 0 saturated heterocycles. The first kappa shape index (κ1) is 12.2. The smallest absolute Gasteiger partial charge is 0.257 e. The van der Waals surface area contributed by atoms with Crippen LogP contribution in [0.3, 0.4) is 0 Å². The molecule has 0 aliphatic carbocycles. The van der Waals surface area contributed by atoms with Crippen LogP contribution in [-0.2, 0) is 11.9 Å². The number of aromatic nitrogens is 2. The first-order valence-electron chi connectivity index (χ1n) is 3.79. The van der Waals surface area contributed by atoms with Gasteiger partial charge in [0.25, 0.3) is 5.92 Å². The lowest BCUT2D eigenvalue weighted by Gasteiger charge is -2.15. The number of hydrogen-bond donors (Lipinski definition) is 0. The van der Waals surface area contributed by atoms with Crippen molar-refractivity contribution in [2.45, 2.75) is 24.5 Å². The van der Waals surface area contributed by atoms with Crippen molar-refractivity contribution in [3.05, 3.63) is 18.0 Å². The highest BCUT2D eigenvalue weighted by Gasteiger charge is 2.46. The van der Waals surface area contributed by atoms with E-state index >= 15 is 0 Å². The molecular weight excluding hydrogens is 243 g/mol. The topological polar surface area (TPSA) is 17.8 Å². The van der Waals surface area contributed by atoms with Crippen LogP contribution in [0.1, 0.15) is 12.1 Å². The Morgan fingerprint density at radius 2 is 1.87 bits per heavy atom. The molecule has 1 heterocycles. The summed E-state index contributed by atoms with van der Waals surface area (Å²) in [6, 6.07) is 0.621. The molecule has 0 aliphatic rings. The van der Waals surface area contributed by atoms with Crippen molar-refractivity contribution < 1.29 is 22.0 Å². The summed E-state index contributed by atoms with van der Waals surface area (Å²) >= 11 is 5.26. The van der Waals surface area contributed by atoms with Crippen LogP contribution in [0.5, 0.6) is 0 Å². The molecule has 86 valence electrons. The summed E-state index contributed by atoms with van der Waals surface area (Å²) in [5.74, 6) is -4.02. The molecule has 0 bridgehead atoms. The van der Waals surface area contributed by atoms with Gasteiger partial charge in [-0.25, -0.2) is 0 Å². The van der Waals surface area contributed by atoms with E-state index in [1.165, 1.54) is 0 Å². The zero-order valence-corrected chi connectivity index (χ0v) is 7.99. The van der Waals surface area contributed by atoms with E-state index in [1.807, 2.05) is 0 Å². The van der Waals surface area contributed by atoms with Crippen molar-refractivity contribution in [2.24, 2.45) is 0 Å². The lowest BCUT2D eigenvalue weighted by atomic mass is 10.2. The normalized spacial score (nSPS) is 13.2. The van der Waals surface area contributed by atoms with Gasteiger partial charge in [0, 0.05) is 6.20 Å². The third-order valence-electron chi connectivity index (χ3n) is 1.56. The van der Waals surface area contributed by atoms with Gasteiger partial charge in [0.1, 0.15) is 18.1 Å². The van der Waals surface area contributed by atoms with Gasteiger partial charge in [-0.05, 0) is 6.07 Å². The van der Waals surface area contributed by atoms with Crippen molar-refractivity contribution in [1.82, 2.24) is 9.78 Å². The van der Waals surface area contributed by atoms with Crippen LogP contribution < -0.4 is 0 Å². The fourth-order valence-electron chi connectivity index (χ4n) is 0.966. The van der Waals surface area contributed by atoms with Crippen molar-refractivity contribution in [1.29, 1.82) is 0 Å². The summed E-state index contributed by atoms with van der Waals surface area (Å²) in [4.78, 5) is 0. The second-order valence-corrected chi connectivity index (χ2v) is 3.10. The second kappa shape index (κ2) is 3.96. The molecule has 0 fully saturated rings. The maximum Gasteiger partial charge on any atom is 0.395 e. The van der Waals surface area contributed by atoms with Crippen molar-refractivity contribution in [2.75, 3.05) is 0 Å². The van der Waals surface area contributed by atoms with Crippen LogP contribution in [0.25, 0.3) is 0 Å². The van der Waals surface area contributed by atoms with E-state index < -0.39 is 24.2 Å². The summed E-state index contributed by atoms with van der Waals surface area (Å²) in [5, 5.41) is 3.22. The molecule has 0 saturated carbocycles. The number of halogens is 6. The molecule has 1 aromatic heterocycles. The van der Waals surface area contributed by atoms with E-state index in [2.05, 4.69) is 5.10 Å². The molecule has 15 heavy (non-hydrogen) atoms. The van der Waals surface area contributed by atoms with E-state index in [0.717, 1.165) is 16.9 Å². The molecule has 0 amide bonds. The van der Waals surface area contributed by atoms with Gasteiger partial charge in [-0.15, -0.1) is 11.6 Å². The van der Waals surface area contributed by atoms with Crippen LogP contribution >= 0.6 is 11.6 Å². The Balaban J connectivity index is 2.85. The fourth-order valence-corrected chi connectivity index (χ4v) is 1.10.